The van der Waals surface area contributed by atoms with E-state index in [0.717, 1.165) is 5.56 Å². The lowest BCUT2D eigenvalue weighted by atomic mass is 10.00. The third kappa shape index (κ3) is 4.51. The molecule has 0 aliphatic heterocycles. The molecular weight excluding hydrogens is 502 g/mol. The molecule has 8 nitrogen and oxygen atoms in total. The van der Waals surface area contributed by atoms with Gasteiger partial charge in [0, 0.05) is 23.3 Å². The number of carbonyl (C=O) groups is 1. The fraction of sp³-hybridized carbons (Fsp3) is 0.0345. The van der Waals surface area contributed by atoms with E-state index in [4.69, 9.17) is 0 Å². The largest absolute Gasteiger partial charge is 0.288 e. The molecule has 0 radical (unpaired) electrons. The molecule has 0 unspecified atom stereocenters. The molecule has 0 aliphatic carbocycles. The molecule has 38 heavy (non-hydrogen) atoms. The fourth-order valence-corrected chi connectivity index (χ4v) is 5.48. The maximum absolute atomic E-state index is 14.0. The van der Waals surface area contributed by atoms with Crippen LogP contribution in [0.2, 0.25) is 0 Å². The van der Waals surface area contributed by atoms with Crippen molar-refractivity contribution in [2.75, 3.05) is 0 Å². The number of nitro benzene ring substituents is 1. The van der Waals surface area contributed by atoms with Crippen LogP contribution < -0.4 is 0 Å². The van der Waals surface area contributed by atoms with Gasteiger partial charge in [-0.05, 0) is 31.2 Å². The van der Waals surface area contributed by atoms with E-state index >= 15 is 0 Å². The van der Waals surface area contributed by atoms with Gasteiger partial charge in [-0.1, -0.05) is 78.4 Å². The number of sulfone groups is 1. The first kappa shape index (κ1) is 24.8. The van der Waals surface area contributed by atoms with Crippen LogP contribution in [0, 0.1) is 17.0 Å². The molecule has 1 aromatic heterocycles. The van der Waals surface area contributed by atoms with Gasteiger partial charge in [0.15, 0.2) is 10.8 Å². The first-order valence-corrected chi connectivity index (χ1v) is 13.1. The summed E-state index contributed by atoms with van der Waals surface area (Å²) in [5, 5.41) is 15.3. The highest BCUT2D eigenvalue weighted by Gasteiger charge is 2.34. The maximum Gasteiger partial charge on any atom is 0.269 e. The van der Waals surface area contributed by atoms with Crippen molar-refractivity contribution >= 4 is 21.3 Å². The Balaban J connectivity index is 1.85. The Morgan fingerprint density at radius 1 is 0.816 bits per heavy atom. The number of hydrogen-bond donors (Lipinski definition) is 0. The summed E-state index contributed by atoms with van der Waals surface area (Å²) in [6.45, 7) is 1.84. The minimum absolute atomic E-state index is 0.00169. The number of ketones is 1. The lowest BCUT2D eigenvalue weighted by Crippen LogP contribution is -2.11. The van der Waals surface area contributed by atoms with E-state index in [1.54, 1.807) is 72.8 Å². The summed E-state index contributed by atoms with van der Waals surface area (Å²) >= 11 is 0. The summed E-state index contributed by atoms with van der Waals surface area (Å²) in [7, 11) is -4.24. The highest BCUT2D eigenvalue weighted by molar-refractivity contribution is 7.91. The van der Waals surface area contributed by atoms with Crippen LogP contribution in [0.25, 0.3) is 16.9 Å². The minimum atomic E-state index is -4.24. The number of rotatable bonds is 7. The topological polar surface area (TPSA) is 112 Å². The molecule has 0 N–H and O–H groups in total. The van der Waals surface area contributed by atoms with Crippen LogP contribution in [0.15, 0.2) is 119 Å². The van der Waals surface area contributed by atoms with E-state index in [2.05, 4.69) is 5.10 Å². The molecule has 1 heterocycles. The molecule has 188 valence electrons. The Labute approximate surface area is 218 Å². The van der Waals surface area contributed by atoms with E-state index < -0.39 is 25.6 Å². The van der Waals surface area contributed by atoms with Crippen molar-refractivity contribution in [1.82, 2.24) is 9.78 Å². The van der Waals surface area contributed by atoms with Gasteiger partial charge in [0.05, 0.1) is 26.8 Å². The van der Waals surface area contributed by atoms with Gasteiger partial charge in [-0.15, -0.1) is 0 Å². The minimum Gasteiger partial charge on any atom is -0.288 e. The van der Waals surface area contributed by atoms with Crippen LogP contribution in [0.4, 0.5) is 5.69 Å². The van der Waals surface area contributed by atoms with Crippen molar-refractivity contribution in [3.05, 3.63) is 136 Å². The number of non-ortho nitro benzene ring substituents is 1. The zero-order valence-corrected chi connectivity index (χ0v) is 21.0. The third-order valence-corrected chi connectivity index (χ3v) is 7.74. The molecule has 0 saturated carbocycles. The molecule has 5 rings (SSSR count). The summed E-state index contributed by atoms with van der Waals surface area (Å²) in [6, 6.07) is 29.1. The average Bonchev–Trinajstić information content (AvgIpc) is 3.35. The number of aryl methyl sites for hydroxylation is 1. The number of nitrogens with zero attached hydrogens (tertiary/aromatic N) is 3. The number of carbonyl (C=O) groups excluding carboxylic acids is 1. The van der Waals surface area contributed by atoms with E-state index in [1.807, 2.05) is 6.92 Å². The lowest BCUT2D eigenvalue weighted by Gasteiger charge is -2.10. The Bertz CT molecular complexity index is 1750. The smallest absolute Gasteiger partial charge is 0.269 e. The molecular formula is C29H21N3O5S. The van der Waals surface area contributed by atoms with Crippen molar-refractivity contribution in [3.63, 3.8) is 0 Å². The van der Waals surface area contributed by atoms with Crippen LogP contribution in [0.3, 0.4) is 0 Å². The Morgan fingerprint density at radius 2 is 1.39 bits per heavy atom. The summed E-state index contributed by atoms with van der Waals surface area (Å²) < 4.78 is 29.3. The molecule has 0 amide bonds. The molecule has 9 heteroatoms. The van der Waals surface area contributed by atoms with Gasteiger partial charge >= 0.3 is 0 Å². The van der Waals surface area contributed by atoms with Gasteiger partial charge in [-0.2, -0.15) is 5.10 Å². The van der Waals surface area contributed by atoms with Crippen LogP contribution >= 0.6 is 0 Å². The van der Waals surface area contributed by atoms with Gasteiger partial charge in [0.1, 0.15) is 0 Å². The van der Waals surface area contributed by atoms with E-state index in [-0.39, 0.29) is 21.8 Å². The maximum atomic E-state index is 14.0. The molecule has 0 atom stereocenters. The van der Waals surface area contributed by atoms with E-state index in [0.29, 0.717) is 16.8 Å². The van der Waals surface area contributed by atoms with Crippen molar-refractivity contribution < 1.29 is 18.1 Å². The van der Waals surface area contributed by atoms with Crippen LogP contribution in [0.5, 0.6) is 0 Å². The number of hydrogen-bond acceptors (Lipinski definition) is 6. The molecule has 0 fully saturated rings. The summed E-state index contributed by atoms with van der Waals surface area (Å²) in [5.74, 6) is -0.511. The van der Waals surface area contributed by atoms with Gasteiger partial charge in [0.25, 0.3) is 5.69 Å². The molecule has 5 aromatic rings. The molecule has 4 aromatic carbocycles. The number of aromatic nitrogens is 2. The van der Waals surface area contributed by atoms with Crippen molar-refractivity contribution in [2.24, 2.45) is 0 Å². The number of benzene rings is 4. The van der Waals surface area contributed by atoms with Gasteiger partial charge in [0.2, 0.25) is 9.84 Å². The van der Waals surface area contributed by atoms with Gasteiger partial charge < -0.3 is 0 Å². The molecule has 0 spiro atoms. The van der Waals surface area contributed by atoms with Crippen molar-refractivity contribution in [3.8, 4) is 16.9 Å². The fourth-order valence-electron chi connectivity index (χ4n) is 4.12. The van der Waals surface area contributed by atoms with Crippen molar-refractivity contribution in [1.29, 1.82) is 0 Å². The normalized spacial score (nSPS) is 11.3. The monoisotopic (exact) mass is 523 g/mol. The average molecular weight is 524 g/mol. The standard InChI is InChI=1S/C29H21N3O5S/c1-20-12-18-25(19-13-20)38(36,37)29-26(28(33)22-10-6-3-7-11-22)27(21-8-4-2-5-9-21)31(30-29)23-14-16-24(17-15-23)32(34)35/h2-19H,1H3. The zero-order valence-electron chi connectivity index (χ0n) is 20.2. The Kier molecular flexibility index (Phi) is 6.44. The Morgan fingerprint density at radius 3 is 1.97 bits per heavy atom. The lowest BCUT2D eigenvalue weighted by molar-refractivity contribution is -0.384. The van der Waals surface area contributed by atoms with Crippen LogP contribution in [-0.4, -0.2) is 28.9 Å². The second-order valence-electron chi connectivity index (χ2n) is 8.59. The summed E-state index contributed by atoms with van der Waals surface area (Å²) in [5.41, 5.74) is 2.15. The van der Waals surface area contributed by atoms with E-state index in [1.165, 1.54) is 41.1 Å². The van der Waals surface area contributed by atoms with Gasteiger partial charge in [-0.25, -0.2) is 13.1 Å². The summed E-state index contributed by atoms with van der Waals surface area (Å²) in [4.78, 5) is 24.7. The Hall–Kier alpha value is -4.89. The zero-order chi connectivity index (χ0) is 26.9. The predicted molar refractivity (Wildman–Crippen MR) is 142 cm³/mol. The molecule has 0 bridgehead atoms. The van der Waals surface area contributed by atoms with Crippen molar-refractivity contribution in [2.45, 2.75) is 16.8 Å². The quantitative estimate of drug-likeness (QED) is 0.151. The van der Waals surface area contributed by atoms with Crippen LogP contribution in [-0.2, 0) is 9.84 Å². The first-order chi connectivity index (χ1) is 18.3. The second kappa shape index (κ2) is 9.87. The predicted octanol–water partition coefficient (Wildman–Crippen LogP) is 5.82. The first-order valence-electron chi connectivity index (χ1n) is 11.6. The molecule has 0 aliphatic rings. The van der Waals surface area contributed by atoms with Crippen LogP contribution in [0.1, 0.15) is 21.5 Å². The summed E-state index contributed by atoms with van der Waals surface area (Å²) in [6.07, 6.45) is 0. The highest BCUT2D eigenvalue weighted by Crippen LogP contribution is 2.36. The SMILES string of the molecule is Cc1ccc(S(=O)(=O)c2nn(-c3ccc([N+](=O)[O-])cc3)c(-c3ccccc3)c2C(=O)c2ccccc2)cc1. The number of nitro groups is 1. The third-order valence-electron chi connectivity index (χ3n) is 6.05. The molecule has 0 saturated heterocycles. The van der Waals surface area contributed by atoms with E-state index in [9.17, 15) is 23.3 Å². The second-order valence-corrected chi connectivity index (χ2v) is 10.5. The highest BCUT2D eigenvalue weighted by atomic mass is 32.2. The van der Waals surface area contributed by atoms with Gasteiger partial charge in [-0.3, -0.25) is 14.9 Å².